The summed E-state index contributed by atoms with van der Waals surface area (Å²) in [5.74, 6) is -0.518. The summed E-state index contributed by atoms with van der Waals surface area (Å²) >= 11 is 0. The molecule has 0 aromatic rings. The van der Waals surface area contributed by atoms with Crippen LogP contribution in [-0.2, 0) is 9.59 Å². The molecule has 0 spiro atoms. The Morgan fingerprint density at radius 2 is 1.89 bits per heavy atom. The number of likely N-dealkylation sites (tertiary alicyclic amines) is 1. The smallest absolute Gasteiger partial charge is 0.309 e. The number of carbonyl (C=O) groups excluding carboxylic acids is 1. The molecule has 1 saturated heterocycles. The van der Waals surface area contributed by atoms with Crippen molar-refractivity contribution in [2.24, 2.45) is 5.41 Å². The molecule has 1 amide bonds. The highest BCUT2D eigenvalue weighted by atomic mass is 16.4. The van der Waals surface area contributed by atoms with Crippen molar-refractivity contribution in [1.29, 1.82) is 0 Å². The van der Waals surface area contributed by atoms with Crippen molar-refractivity contribution >= 4 is 11.9 Å². The van der Waals surface area contributed by atoms with E-state index in [9.17, 15) is 14.7 Å². The van der Waals surface area contributed by atoms with Crippen LogP contribution in [-0.4, -0.2) is 59.0 Å². The lowest BCUT2D eigenvalue weighted by Crippen LogP contribution is -2.47. The lowest BCUT2D eigenvalue weighted by Gasteiger charge is -2.36. The van der Waals surface area contributed by atoms with E-state index in [0.717, 1.165) is 19.4 Å². The third-order valence-electron chi connectivity index (χ3n) is 4.48. The summed E-state index contributed by atoms with van der Waals surface area (Å²) in [5, 5.41) is 9.18. The van der Waals surface area contributed by atoms with E-state index >= 15 is 0 Å². The molecule has 0 bridgehead atoms. The number of aliphatic carboxylic acids is 1. The molecule has 1 N–H and O–H groups in total. The highest BCUT2D eigenvalue weighted by Gasteiger charge is 2.38. The van der Waals surface area contributed by atoms with Crippen molar-refractivity contribution in [3.05, 3.63) is 0 Å². The van der Waals surface area contributed by atoms with E-state index in [1.807, 2.05) is 11.8 Å². The van der Waals surface area contributed by atoms with Crippen LogP contribution in [0, 0.1) is 5.41 Å². The molecule has 1 aliphatic carbocycles. The van der Waals surface area contributed by atoms with Crippen molar-refractivity contribution in [2.45, 2.75) is 45.6 Å². The van der Waals surface area contributed by atoms with E-state index in [-0.39, 0.29) is 5.91 Å². The van der Waals surface area contributed by atoms with Crippen LogP contribution in [0.4, 0.5) is 0 Å². The van der Waals surface area contributed by atoms with Crippen LogP contribution in [0.1, 0.15) is 39.5 Å². The van der Waals surface area contributed by atoms with Gasteiger partial charge in [0.2, 0.25) is 5.91 Å². The molecule has 5 nitrogen and oxygen atoms in total. The number of carbonyl (C=O) groups is 2. The fourth-order valence-corrected chi connectivity index (χ4v) is 2.73. The van der Waals surface area contributed by atoms with E-state index in [2.05, 4.69) is 4.90 Å². The van der Waals surface area contributed by atoms with E-state index in [0.29, 0.717) is 38.5 Å². The number of likely N-dealkylation sites (N-methyl/N-ethyl adjacent to an activating group) is 1. The van der Waals surface area contributed by atoms with Crippen LogP contribution in [0.15, 0.2) is 0 Å². The molecule has 108 valence electrons. The molecule has 0 aromatic heterocycles. The van der Waals surface area contributed by atoms with Crippen molar-refractivity contribution < 1.29 is 14.7 Å². The van der Waals surface area contributed by atoms with Gasteiger partial charge in [0.1, 0.15) is 0 Å². The number of carboxylic acid groups (broad SMARTS) is 1. The van der Waals surface area contributed by atoms with Crippen molar-refractivity contribution in [2.75, 3.05) is 26.2 Å². The largest absolute Gasteiger partial charge is 0.481 e. The standard InChI is InChI=1S/C14H24N2O3/c1-3-16(11-4-5-11)12(17)10-15-8-6-14(2,7-9-15)13(18)19/h11H,3-10H2,1-2H3,(H,18,19). The lowest BCUT2D eigenvalue weighted by molar-refractivity contribution is -0.150. The van der Waals surface area contributed by atoms with Crippen LogP contribution in [0.2, 0.25) is 0 Å². The monoisotopic (exact) mass is 268 g/mol. The van der Waals surface area contributed by atoms with Gasteiger partial charge in [-0.3, -0.25) is 14.5 Å². The fraction of sp³-hybridized carbons (Fsp3) is 0.857. The highest BCUT2D eigenvalue weighted by molar-refractivity contribution is 5.79. The zero-order valence-electron chi connectivity index (χ0n) is 11.9. The Hall–Kier alpha value is -1.10. The molecule has 1 heterocycles. The molecule has 0 atom stereocenters. The van der Waals surface area contributed by atoms with Gasteiger partial charge in [-0.2, -0.15) is 0 Å². The third-order valence-corrected chi connectivity index (χ3v) is 4.48. The molecule has 0 unspecified atom stereocenters. The first kappa shape index (κ1) is 14.3. The molecule has 5 heteroatoms. The van der Waals surface area contributed by atoms with Gasteiger partial charge in [0.15, 0.2) is 0 Å². The van der Waals surface area contributed by atoms with Gasteiger partial charge in [-0.05, 0) is 52.6 Å². The number of hydrogen-bond acceptors (Lipinski definition) is 3. The average molecular weight is 268 g/mol. The van der Waals surface area contributed by atoms with E-state index in [4.69, 9.17) is 0 Å². The highest BCUT2D eigenvalue weighted by Crippen LogP contribution is 2.31. The first-order valence-corrected chi connectivity index (χ1v) is 7.21. The first-order chi connectivity index (χ1) is 8.96. The van der Waals surface area contributed by atoms with Gasteiger partial charge in [-0.1, -0.05) is 0 Å². The summed E-state index contributed by atoms with van der Waals surface area (Å²) in [7, 11) is 0. The predicted octanol–water partition coefficient (Wildman–Crippen LogP) is 1.18. The van der Waals surface area contributed by atoms with E-state index in [1.165, 1.54) is 0 Å². The van der Waals surface area contributed by atoms with Crippen molar-refractivity contribution in [1.82, 2.24) is 9.80 Å². The Morgan fingerprint density at radius 1 is 1.32 bits per heavy atom. The normalized spacial score (nSPS) is 23.1. The summed E-state index contributed by atoms with van der Waals surface area (Å²) in [6, 6.07) is 0.464. The quantitative estimate of drug-likeness (QED) is 0.813. The Morgan fingerprint density at radius 3 is 2.32 bits per heavy atom. The molecule has 19 heavy (non-hydrogen) atoms. The number of nitrogens with zero attached hydrogens (tertiary/aromatic N) is 2. The van der Waals surface area contributed by atoms with Crippen molar-refractivity contribution in [3.8, 4) is 0 Å². The van der Waals surface area contributed by atoms with Crippen LogP contribution in [0.3, 0.4) is 0 Å². The minimum atomic E-state index is -0.716. The van der Waals surface area contributed by atoms with Gasteiger partial charge in [0, 0.05) is 12.6 Å². The summed E-state index contributed by atoms with van der Waals surface area (Å²) in [6.45, 7) is 6.46. The van der Waals surface area contributed by atoms with Crippen LogP contribution in [0.25, 0.3) is 0 Å². The molecule has 2 aliphatic rings. The fourth-order valence-electron chi connectivity index (χ4n) is 2.73. The van der Waals surface area contributed by atoms with Crippen molar-refractivity contribution in [3.63, 3.8) is 0 Å². The lowest BCUT2D eigenvalue weighted by atomic mass is 9.80. The Kier molecular flexibility index (Phi) is 4.13. The zero-order chi connectivity index (χ0) is 14.0. The molecule has 2 fully saturated rings. The average Bonchev–Trinajstić information content (AvgIpc) is 3.17. The number of rotatable bonds is 5. The summed E-state index contributed by atoms with van der Waals surface area (Å²) in [4.78, 5) is 27.4. The summed E-state index contributed by atoms with van der Waals surface area (Å²) in [6.07, 6.45) is 3.53. The molecular weight excluding hydrogens is 244 g/mol. The Bertz CT molecular complexity index is 358. The van der Waals surface area contributed by atoms with Gasteiger partial charge < -0.3 is 10.0 Å². The molecule has 0 aromatic carbocycles. The minimum Gasteiger partial charge on any atom is -0.481 e. The minimum absolute atomic E-state index is 0.198. The Balaban J connectivity index is 1.82. The second-order valence-electron chi connectivity index (χ2n) is 6.05. The maximum Gasteiger partial charge on any atom is 0.309 e. The van der Waals surface area contributed by atoms with Gasteiger partial charge in [0.25, 0.3) is 0 Å². The predicted molar refractivity (Wildman–Crippen MR) is 71.8 cm³/mol. The topological polar surface area (TPSA) is 60.9 Å². The van der Waals surface area contributed by atoms with Gasteiger partial charge in [-0.15, -0.1) is 0 Å². The maximum absolute atomic E-state index is 12.2. The van der Waals surface area contributed by atoms with Crippen LogP contribution < -0.4 is 0 Å². The molecule has 2 rings (SSSR count). The van der Waals surface area contributed by atoms with Crippen LogP contribution in [0.5, 0.6) is 0 Å². The maximum atomic E-state index is 12.2. The molecule has 0 radical (unpaired) electrons. The second-order valence-corrected chi connectivity index (χ2v) is 6.05. The zero-order valence-corrected chi connectivity index (χ0v) is 11.9. The number of piperidine rings is 1. The van der Waals surface area contributed by atoms with Gasteiger partial charge >= 0.3 is 5.97 Å². The first-order valence-electron chi connectivity index (χ1n) is 7.21. The molecule has 1 aliphatic heterocycles. The number of carboxylic acids is 1. The number of amides is 1. The van der Waals surface area contributed by atoms with E-state index in [1.54, 1.807) is 6.92 Å². The summed E-state index contributed by atoms with van der Waals surface area (Å²) < 4.78 is 0. The Labute approximate surface area is 114 Å². The van der Waals surface area contributed by atoms with E-state index < -0.39 is 11.4 Å². The van der Waals surface area contributed by atoms with Crippen LogP contribution >= 0.6 is 0 Å². The SMILES string of the molecule is CCN(C(=O)CN1CCC(C)(C(=O)O)CC1)C1CC1. The van der Waals surface area contributed by atoms with Gasteiger partial charge in [-0.25, -0.2) is 0 Å². The number of hydrogen-bond donors (Lipinski definition) is 1. The summed E-state index contributed by atoms with van der Waals surface area (Å²) in [5.41, 5.74) is -0.611. The second kappa shape index (κ2) is 5.49. The molecule has 1 saturated carbocycles. The van der Waals surface area contributed by atoms with Gasteiger partial charge in [0.05, 0.1) is 12.0 Å². The molecular formula is C14H24N2O3. The third kappa shape index (κ3) is 3.26.